The van der Waals surface area contributed by atoms with Crippen LogP contribution in [-0.2, 0) is 14.4 Å². The quantitative estimate of drug-likeness (QED) is 0.506. The summed E-state index contributed by atoms with van der Waals surface area (Å²) in [4.78, 5) is 64.2. The number of aromatic nitrogens is 2. The molecule has 3 N–H and O–H groups in total. The number of carbonyl (C=O) groups excluding carboxylic acids is 3. The minimum absolute atomic E-state index is 0.0864. The molecule has 2 atom stereocenters. The summed E-state index contributed by atoms with van der Waals surface area (Å²) < 4.78 is 13.8. The molecule has 0 saturated heterocycles. The molecule has 0 spiro atoms. The number of amides is 2. The number of nitrogens with one attached hydrogen (secondary N) is 2. The molecule has 31 heavy (non-hydrogen) atoms. The van der Waals surface area contributed by atoms with Gasteiger partial charge in [-0.2, -0.15) is 0 Å². The second-order valence-corrected chi connectivity index (χ2v) is 6.49. The maximum absolute atomic E-state index is 12.8. The van der Waals surface area contributed by atoms with Crippen LogP contribution >= 0.6 is 0 Å². The Morgan fingerprint density at radius 2 is 1.94 bits per heavy atom. The molecule has 2 amide bonds. The highest BCUT2D eigenvalue weighted by atomic mass is 19.1. The molecule has 2 aromatic rings. The monoisotopic (exact) mass is 432 g/mol. The molecule has 0 aliphatic heterocycles. The van der Waals surface area contributed by atoms with Crippen LogP contribution in [0.4, 0.5) is 10.1 Å². The molecule has 0 fully saturated rings. The number of hydrogen-bond donors (Lipinski definition) is 3. The van der Waals surface area contributed by atoms with Gasteiger partial charge in [0.05, 0.1) is 6.42 Å². The molecular formula is C20H21FN4O6. The van der Waals surface area contributed by atoms with Crippen LogP contribution in [-0.4, -0.2) is 50.9 Å². The number of hydrogen-bond acceptors (Lipinski definition) is 6. The number of ketones is 1. The largest absolute Gasteiger partial charge is 0.481 e. The van der Waals surface area contributed by atoms with Gasteiger partial charge in [-0.3, -0.25) is 29.0 Å². The lowest BCUT2D eigenvalue weighted by Crippen LogP contribution is -2.47. The summed E-state index contributed by atoms with van der Waals surface area (Å²) in [6.07, 6.45) is 2.05. The highest BCUT2D eigenvalue weighted by Crippen LogP contribution is 2.13. The van der Waals surface area contributed by atoms with Crippen LogP contribution in [0.15, 0.2) is 47.5 Å². The van der Waals surface area contributed by atoms with Gasteiger partial charge < -0.3 is 20.3 Å². The first kappa shape index (κ1) is 23.4. The van der Waals surface area contributed by atoms with E-state index < -0.39 is 54.3 Å². The molecular weight excluding hydrogens is 411 g/mol. The van der Waals surface area contributed by atoms with Crippen LogP contribution in [0.3, 0.4) is 0 Å². The summed E-state index contributed by atoms with van der Waals surface area (Å²) in [6, 6.07) is 4.80. The number of nitrogens with zero attached hydrogens (tertiary/aromatic N) is 2. The van der Waals surface area contributed by atoms with Crippen molar-refractivity contribution in [3.63, 3.8) is 0 Å². The molecule has 11 heteroatoms. The van der Waals surface area contributed by atoms with Gasteiger partial charge in [-0.05, 0) is 30.7 Å². The summed E-state index contributed by atoms with van der Waals surface area (Å²) in [5.41, 5.74) is -0.713. The van der Waals surface area contributed by atoms with Crippen molar-refractivity contribution in [1.82, 2.24) is 14.9 Å². The fraction of sp³-hybridized carbons (Fsp3) is 0.300. The first-order chi connectivity index (χ1) is 14.8. The number of aliphatic carboxylic acids is 1. The van der Waals surface area contributed by atoms with Crippen LogP contribution in [0.5, 0.6) is 0 Å². The van der Waals surface area contributed by atoms with Gasteiger partial charge in [0.1, 0.15) is 30.1 Å². The Hall–Kier alpha value is -3.89. The molecule has 2 rings (SSSR count). The van der Waals surface area contributed by atoms with Crippen molar-refractivity contribution in [3.05, 3.63) is 58.8 Å². The van der Waals surface area contributed by atoms with E-state index in [0.717, 1.165) is 4.57 Å². The first-order valence-corrected chi connectivity index (χ1v) is 9.32. The standard InChI is InChI=1S/C20H21FN4O6/c1-2-15(19(30)24-14(10-17(27)28)16(26)11-21)25-9-5-7-13(20(25)31)23-18(29)12-6-3-4-8-22-12/h3-9,14-15H,2,10-11H2,1H3,(H,23,29)(H,24,30)(H,27,28)/t14?,15-/m1/s1. The molecule has 164 valence electrons. The van der Waals surface area contributed by atoms with E-state index in [4.69, 9.17) is 5.11 Å². The third kappa shape index (κ3) is 6.04. The third-order valence-electron chi connectivity index (χ3n) is 4.36. The highest BCUT2D eigenvalue weighted by Gasteiger charge is 2.28. The Kier molecular flexibility index (Phi) is 8.12. The highest BCUT2D eigenvalue weighted by molar-refractivity contribution is 6.02. The SMILES string of the molecule is CC[C@H](C(=O)NC(CC(=O)O)C(=O)CF)n1cccc(NC(=O)c2ccccn2)c1=O. The molecule has 10 nitrogen and oxygen atoms in total. The Balaban J connectivity index is 2.26. The van der Waals surface area contributed by atoms with E-state index in [1.165, 1.54) is 30.6 Å². The summed E-state index contributed by atoms with van der Waals surface area (Å²) in [5, 5.41) is 13.5. The Bertz CT molecular complexity index is 1020. The summed E-state index contributed by atoms with van der Waals surface area (Å²) in [7, 11) is 0. The molecule has 0 aliphatic rings. The van der Waals surface area contributed by atoms with Crippen molar-refractivity contribution < 1.29 is 28.7 Å². The number of alkyl halides is 1. The fourth-order valence-corrected chi connectivity index (χ4v) is 2.82. The zero-order valence-electron chi connectivity index (χ0n) is 16.6. The van der Waals surface area contributed by atoms with Gasteiger partial charge in [-0.1, -0.05) is 13.0 Å². The lowest BCUT2D eigenvalue weighted by atomic mass is 10.1. The summed E-state index contributed by atoms with van der Waals surface area (Å²) in [5.74, 6) is -3.93. The maximum atomic E-state index is 12.8. The van der Waals surface area contributed by atoms with Crippen LogP contribution in [0.2, 0.25) is 0 Å². The number of carboxylic acids is 1. The Morgan fingerprint density at radius 1 is 1.19 bits per heavy atom. The first-order valence-electron chi connectivity index (χ1n) is 9.32. The van der Waals surface area contributed by atoms with Crippen molar-refractivity contribution >= 4 is 29.3 Å². The summed E-state index contributed by atoms with van der Waals surface area (Å²) >= 11 is 0. The Labute approximate surface area is 176 Å². The number of Topliss-reactive ketones (excluding diaryl/α,β-unsaturated/α-hetero) is 1. The van der Waals surface area contributed by atoms with E-state index in [2.05, 4.69) is 15.6 Å². The van der Waals surface area contributed by atoms with Gasteiger partial charge in [0.2, 0.25) is 5.91 Å². The van der Waals surface area contributed by atoms with E-state index in [0.29, 0.717) is 0 Å². The molecule has 2 aromatic heterocycles. The minimum Gasteiger partial charge on any atom is -0.481 e. The second-order valence-electron chi connectivity index (χ2n) is 6.49. The predicted octanol–water partition coefficient (Wildman–Crippen LogP) is 0.945. The molecule has 0 saturated carbocycles. The topological polar surface area (TPSA) is 147 Å². The third-order valence-corrected chi connectivity index (χ3v) is 4.36. The summed E-state index contributed by atoms with van der Waals surface area (Å²) in [6.45, 7) is 0.156. The molecule has 2 heterocycles. The number of carbonyl (C=O) groups is 4. The van der Waals surface area contributed by atoms with Crippen molar-refractivity contribution in [2.45, 2.75) is 31.8 Å². The Morgan fingerprint density at radius 3 is 2.52 bits per heavy atom. The van der Waals surface area contributed by atoms with E-state index in [9.17, 15) is 28.4 Å². The molecule has 0 radical (unpaired) electrons. The molecule has 0 bridgehead atoms. The van der Waals surface area contributed by atoms with Crippen molar-refractivity contribution in [3.8, 4) is 0 Å². The van der Waals surface area contributed by atoms with Crippen LogP contribution in [0.1, 0.15) is 36.3 Å². The number of carboxylic acid groups (broad SMARTS) is 1. The average Bonchev–Trinajstić information content (AvgIpc) is 2.75. The van der Waals surface area contributed by atoms with Gasteiger partial charge in [-0.15, -0.1) is 0 Å². The minimum atomic E-state index is -1.56. The van der Waals surface area contributed by atoms with Crippen LogP contribution < -0.4 is 16.2 Å². The van der Waals surface area contributed by atoms with Crippen LogP contribution in [0, 0.1) is 0 Å². The van der Waals surface area contributed by atoms with E-state index in [-0.39, 0.29) is 17.8 Å². The normalized spacial score (nSPS) is 12.5. The zero-order valence-corrected chi connectivity index (χ0v) is 16.6. The van der Waals surface area contributed by atoms with E-state index >= 15 is 0 Å². The van der Waals surface area contributed by atoms with Gasteiger partial charge >= 0.3 is 5.97 Å². The van der Waals surface area contributed by atoms with Crippen molar-refractivity contribution in [1.29, 1.82) is 0 Å². The van der Waals surface area contributed by atoms with E-state index in [1.54, 1.807) is 19.1 Å². The van der Waals surface area contributed by atoms with Crippen LogP contribution in [0.25, 0.3) is 0 Å². The predicted molar refractivity (Wildman–Crippen MR) is 107 cm³/mol. The lowest BCUT2D eigenvalue weighted by Gasteiger charge is -2.22. The van der Waals surface area contributed by atoms with Gasteiger partial charge in [0, 0.05) is 12.4 Å². The maximum Gasteiger partial charge on any atom is 0.305 e. The van der Waals surface area contributed by atoms with Crippen molar-refractivity contribution in [2.75, 3.05) is 12.0 Å². The average molecular weight is 432 g/mol. The number of rotatable bonds is 10. The van der Waals surface area contributed by atoms with Crippen molar-refractivity contribution in [2.24, 2.45) is 0 Å². The van der Waals surface area contributed by atoms with Gasteiger partial charge in [-0.25, -0.2) is 4.39 Å². The van der Waals surface area contributed by atoms with Gasteiger partial charge in [0.15, 0.2) is 5.78 Å². The molecule has 1 unspecified atom stereocenters. The second kappa shape index (κ2) is 10.8. The molecule has 0 aliphatic carbocycles. The van der Waals surface area contributed by atoms with Gasteiger partial charge in [0.25, 0.3) is 11.5 Å². The zero-order chi connectivity index (χ0) is 23.0. The molecule has 0 aromatic carbocycles. The number of pyridine rings is 2. The number of anilines is 1. The smallest absolute Gasteiger partial charge is 0.305 e. The fourth-order valence-electron chi connectivity index (χ4n) is 2.82. The van der Waals surface area contributed by atoms with E-state index in [1.807, 2.05) is 0 Å². The number of halogens is 1. The lowest BCUT2D eigenvalue weighted by molar-refractivity contribution is -0.140.